The van der Waals surface area contributed by atoms with E-state index in [-0.39, 0.29) is 12.3 Å². The van der Waals surface area contributed by atoms with E-state index < -0.39 is 5.97 Å². The van der Waals surface area contributed by atoms with Crippen LogP contribution in [0.4, 0.5) is 5.69 Å². The smallest absolute Gasteiger partial charge is 0.337 e. The van der Waals surface area contributed by atoms with E-state index in [2.05, 4.69) is 20.4 Å². The van der Waals surface area contributed by atoms with Crippen LogP contribution < -0.4 is 10.6 Å². The second-order valence-electron chi connectivity index (χ2n) is 4.96. The third-order valence-electron chi connectivity index (χ3n) is 3.25. The summed E-state index contributed by atoms with van der Waals surface area (Å²) in [6.07, 6.45) is 1.95. The fraction of sp³-hybridized carbons (Fsp3) is 0.235. The van der Waals surface area contributed by atoms with Crippen molar-refractivity contribution in [2.75, 3.05) is 19.0 Å². The van der Waals surface area contributed by atoms with Crippen molar-refractivity contribution in [3.63, 3.8) is 0 Å². The summed E-state index contributed by atoms with van der Waals surface area (Å²) < 4.78 is 4.67. The fourth-order valence-corrected chi connectivity index (χ4v) is 2.18. The molecule has 7 heteroatoms. The molecule has 126 valence electrons. The van der Waals surface area contributed by atoms with Gasteiger partial charge in [-0.3, -0.25) is 9.78 Å². The zero-order chi connectivity index (χ0) is 17.4. The number of amides is 1. The van der Waals surface area contributed by atoms with Gasteiger partial charge in [0, 0.05) is 19.2 Å². The van der Waals surface area contributed by atoms with E-state index in [4.69, 9.17) is 11.6 Å². The topological polar surface area (TPSA) is 80.3 Å². The molecule has 0 atom stereocenters. The Bertz CT molecular complexity index is 707. The Morgan fingerprint density at radius 2 is 2.08 bits per heavy atom. The molecular formula is C17H18ClN3O3. The maximum atomic E-state index is 11.8. The van der Waals surface area contributed by atoms with Gasteiger partial charge in [0.1, 0.15) is 0 Å². The number of nitrogens with one attached hydrogen (secondary N) is 2. The number of halogens is 1. The Hall–Kier alpha value is -2.60. The molecule has 24 heavy (non-hydrogen) atoms. The van der Waals surface area contributed by atoms with Gasteiger partial charge in [-0.05, 0) is 30.3 Å². The molecule has 1 heterocycles. The van der Waals surface area contributed by atoms with Gasteiger partial charge in [-0.2, -0.15) is 0 Å². The standard InChI is InChI=1S/C17H18ClN3O3/c1-24-17(23)12-5-6-14(18)15(10-12)20-9-7-16(22)21-11-13-4-2-3-8-19-13/h2-6,8,10,20H,7,9,11H2,1H3,(H,21,22). The molecule has 0 radical (unpaired) electrons. The first kappa shape index (κ1) is 17.7. The number of aromatic nitrogens is 1. The molecule has 0 unspecified atom stereocenters. The molecule has 2 N–H and O–H groups in total. The number of pyridine rings is 1. The van der Waals surface area contributed by atoms with E-state index in [1.54, 1.807) is 24.4 Å². The second-order valence-corrected chi connectivity index (χ2v) is 5.37. The molecular weight excluding hydrogens is 330 g/mol. The number of rotatable bonds is 7. The summed E-state index contributed by atoms with van der Waals surface area (Å²) in [6, 6.07) is 10.3. The first-order chi connectivity index (χ1) is 11.6. The highest BCUT2D eigenvalue weighted by Gasteiger charge is 2.09. The lowest BCUT2D eigenvalue weighted by Gasteiger charge is -2.10. The van der Waals surface area contributed by atoms with Crippen LogP contribution >= 0.6 is 11.6 Å². The zero-order valence-electron chi connectivity index (χ0n) is 13.2. The van der Waals surface area contributed by atoms with Gasteiger partial charge in [-0.15, -0.1) is 0 Å². The molecule has 0 bridgehead atoms. The normalized spacial score (nSPS) is 10.1. The Balaban J connectivity index is 1.81. The molecule has 6 nitrogen and oxygen atoms in total. The Morgan fingerprint density at radius 3 is 2.79 bits per heavy atom. The lowest BCUT2D eigenvalue weighted by molar-refractivity contribution is -0.121. The highest BCUT2D eigenvalue weighted by Crippen LogP contribution is 2.23. The maximum absolute atomic E-state index is 11.8. The number of hydrogen-bond donors (Lipinski definition) is 2. The summed E-state index contributed by atoms with van der Waals surface area (Å²) in [5, 5.41) is 6.30. The highest BCUT2D eigenvalue weighted by atomic mass is 35.5. The minimum Gasteiger partial charge on any atom is -0.465 e. The quantitative estimate of drug-likeness (QED) is 0.753. The Morgan fingerprint density at radius 1 is 1.25 bits per heavy atom. The van der Waals surface area contributed by atoms with Crippen LogP contribution in [0.15, 0.2) is 42.6 Å². The summed E-state index contributed by atoms with van der Waals surface area (Å²) >= 11 is 6.08. The van der Waals surface area contributed by atoms with Gasteiger partial charge >= 0.3 is 5.97 Å². The van der Waals surface area contributed by atoms with Gasteiger partial charge in [0.2, 0.25) is 5.91 Å². The molecule has 2 aromatic rings. The molecule has 0 aliphatic heterocycles. The molecule has 0 aliphatic carbocycles. The van der Waals surface area contributed by atoms with Crippen molar-refractivity contribution < 1.29 is 14.3 Å². The largest absolute Gasteiger partial charge is 0.465 e. The summed E-state index contributed by atoms with van der Waals surface area (Å²) in [7, 11) is 1.32. The number of anilines is 1. The molecule has 1 amide bonds. The van der Waals surface area contributed by atoms with Crippen LogP contribution in [0.3, 0.4) is 0 Å². The summed E-state index contributed by atoms with van der Waals surface area (Å²) in [5.74, 6) is -0.545. The van der Waals surface area contributed by atoms with Gasteiger partial charge in [0.25, 0.3) is 0 Å². The minimum absolute atomic E-state index is 0.103. The second kappa shape index (κ2) is 8.88. The zero-order valence-corrected chi connectivity index (χ0v) is 14.0. The van der Waals surface area contributed by atoms with Crippen molar-refractivity contribution in [1.29, 1.82) is 0 Å². The predicted octanol–water partition coefficient (Wildman–Crippen LogP) is 2.64. The van der Waals surface area contributed by atoms with Gasteiger partial charge in [-0.1, -0.05) is 17.7 Å². The predicted molar refractivity (Wildman–Crippen MR) is 92.0 cm³/mol. The van der Waals surface area contributed by atoms with Gasteiger partial charge in [-0.25, -0.2) is 4.79 Å². The summed E-state index contributed by atoms with van der Waals surface area (Å²) in [5.41, 5.74) is 1.77. The molecule has 0 saturated carbocycles. The molecule has 0 saturated heterocycles. The van der Waals surface area contributed by atoms with Crippen molar-refractivity contribution in [3.05, 3.63) is 58.9 Å². The van der Waals surface area contributed by atoms with Crippen LogP contribution in [0, 0.1) is 0 Å². The lowest BCUT2D eigenvalue weighted by atomic mass is 10.2. The minimum atomic E-state index is -0.442. The van der Waals surface area contributed by atoms with Crippen LogP contribution in [0.2, 0.25) is 5.02 Å². The number of carbonyl (C=O) groups is 2. The van der Waals surface area contributed by atoms with E-state index in [9.17, 15) is 9.59 Å². The SMILES string of the molecule is COC(=O)c1ccc(Cl)c(NCCC(=O)NCc2ccccn2)c1. The van der Waals surface area contributed by atoms with Crippen molar-refractivity contribution >= 4 is 29.2 Å². The first-order valence-electron chi connectivity index (χ1n) is 7.38. The third kappa shape index (κ3) is 5.24. The number of hydrogen-bond acceptors (Lipinski definition) is 5. The molecule has 0 fully saturated rings. The lowest BCUT2D eigenvalue weighted by Crippen LogP contribution is -2.25. The Kier molecular flexibility index (Phi) is 6.57. The average molecular weight is 348 g/mol. The monoisotopic (exact) mass is 347 g/mol. The van der Waals surface area contributed by atoms with E-state index in [1.807, 2.05) is 18.2 Å². The number of ether oxygens (including phenoxy) is 1. The van der Waals surface area contributed by atoms with Gasteiger partial charge < -0.3 is 15.4 Å². The van der Waals surface area contributed by atoms with Crippen molar-refractivity contribution in [1.82, 2.24) is 10.3 Å². The van der Waals surface area contributed by atoms with E-state index in [0.717, 1.165) is 5.69 Å². The number of carbonyl (C=O) groups excluding carboxylic acids is 2. The van der Waals surface area contributed by atoms with Gasteiger partial charge in [0.05, 0.1) is 35.6 Å². The van der Waals surface area contributed by atoms with Crippen LogP contribution in [-0.2, 0) is 16.1 Å². The van der Waals surface area contributed by atoms with Crippen LogP contribution in [0.25, 0.3) is 0 Å². The van der Waals surface area contributed by atoms with Crippen molar-refractivity contribution in [2.24, 2.45) is 0 Å². The summed E-state index contributed by atoms with van der Waals surface area (Å²) in [6.45, 7) is 0.774. The maximum Gasteiger partial charge on any atom is 0.337 e. The van der Waals surface area contributed by atoms with Crippen LogP contribution in [0.1, 0.15) is 22.5 Å². The number of nitrogens with zero attached hydrogens (tertiary/aromatic N) is 1. The number of benzene rings is 1. The molecule has 2 rings (SSSR count). The van der Waals surface area contributed by atoms with Crippen molar-refractivity contribution in [2.45, 2.75) is 13.0 Å². The average Bonchev–Trinajstić information content (AvgIpc) is 2.61. The highest BCUT2D eigenvalue weighted by molar-refractivity contribution is 6.33. The molecule has 0 spiro atoms. The summed E-state index contributed by atoms with van der Waals surface area (Å²) in [4.78, 5) is 27.5. The molecule has 0 aliphatic rings. The molecule has 1 aromatic heterocycles. The number of esters is 1. The Labute approximate surface area is 145 Å². The fourth-order valence-electron chi connectivity index (χ4n) is 2.00. The first-order valence-corrected chi connectivity index (χ1v) is 7.76. The van der Waals surface area contributed by atoms with Crippen molar-refractivity contribution in [3.8, 4) is 0 Å². The van der Waals surface area contributed by atoms with E-state index in [1.165, 1.54) is 7.11 Å². The van der Waals surface area contributed by atoms with E-state index >= 15 is 0 Å². The molecule has 1 aromatic carbocycles. The van der Waals surface area contributed by atoms with Crippen LogP contribution in [-0.4, -0.2) is 30.5 Å². The van der Waals surface area contributed by atoms with E-state index in [0.29, 0.717) is 29.4 Å². The third-order valence-corrected chi connectivity index (χ3v) is 3.58. The van der Waals surface area contributed by atoms with Crippen LogP contribution in [0.5, 0.6) is 0 Å². The van der Waals surface area contributed by atoms with Gasteiger partial charge in [0.15, 0.2) is 0 Å². The number of methoxy groups -OCH3 is 1.